The van der Waals surface area contributed by atoms with Crippen LogP contribution in [0.25, 0.3) is 11.1 Å². The average Bonchev–Trinajstić information content (AvgIpc) is 2.34. The first-order valence-electron chi connectivity index (χ1n) is 5.73. The summed E-state index contributed by atoms with van der Waals surface area (Å²) in [4.78, 5) is 1.28. The summed E-state index contributed by atoms with van der Waals surface area (Å²) in [5, 5.41) is 9.70. The summed E-state index contributed by atoms with van der Waals surface area (Å²) < 4.78 is 0. The number of benzene rings is 2. The van der Waals surface area contributed by atoms with Crippen LogP contribution < -0.4 is 0 Å². The molecule has 88 valence electrons. The van der Waals surface area contributed by atoms with E-state index >= 15 is 0 Å². The van der Waals surface area contributed by atoms with E-state index in [1.807, 2.05) is 36.9 Å². The van der Waals surface area contributed by atoms with Crippen molar-refractivity contribution >= 4 is 11.8 Å². The highest BCUT2D eigenvalue weighted by Gasteiger charge is 2.01. The molecule has 0 saturated heterocycles. The van der Waals surface area contributed by atoms with Gasteiger partial charge in [0.25, 0.3) is 0 Å². The van der Waals surface area contributed by atoms with Crippen LogP contribution in [0.4, 0.5) is 0 Å². The second-order valence-corrected chi connectivity index (χ2v) is 5.30. The smallest absolute Gasteiger partial charge is 0.119 e. The van der Waals surface area contributed by atoms with Crippen LogP contribution in [0, 0.1) is 6.92 Å². The van der Waals surface area contributed by atoms with Crippen molar-refractivity contribution in [1.29, 1.82) is 0 Å². The Morgan fingerprint density at radius 2 is 1.65 bits per heavy atom. The molecule has 2 aromatic rings. The van der Waals surface area contributed by atoms with Gasteiger partial charge in [0.15, 0.2) is 0 Å². The number of hydrogen-bond acceptors (Lipinski definition) is 2. The summed E-state index contributed by atoms with van der Waals surface area (Å²) in [6, 6.07) is 14.2. The van der Waals surface area contributed by atoms with Gasteiger partial charge in [0, 0.05) is 4.90 Å². The van der Waals surface area contributed by atoms with Gasteiger partial charge in [-0.05, 0) is 47.6 Å². The van der Waals surface area contributed by atoms with Crippen LogP contribution >= 0.6 is 11.8 Å². The molecule has 0 amide bonds. The lowest BCUT2D eigenvalue weighted by Crippen LogP contribution is -1.80. The van der Waals surface area contributed by atoms with Gasteiger partial charge in [-0.3, -0.25) is 0 Å². The van der Waals surface area contributed by atoms with Crippen molar-refractivity contribution in [2.24, 2.45) is 0 Å². The van der Waals surface area contributed by atoms with Crippen LogP contribution in [-0.4, -0.2) is 10.9 Å². The number of hydrogen-bond donors (Lipinski definition) is 1. The Balaban J connectivity index is 2.30. The van der Waals surface area contributed by atoms with E-state index in [4.69, 9.17) is 0 Å². The highest BCUT2D eigenvalue weighted by molar-refractivity contribution is 7.99. The Hall–Kier alpha value is -1.41. The van der Waals surface area contributed by atoms with Gasteiger partial charge in [-0.1, -0.05) is 31.2 Å². The molecule has 0 aliphatic rings. The zero-order valence-electron chi connectivity index (χ0n) is 10.1. The third-order valence-corrected chi connectivity index (χ3v) is 3.60. The number of aryl methyl sites for hydroxylation is 1. The molecule has 0 spiro atoms. The van der Waals surface area contributed by atoms with Gasteiger partial charge in [-0.25, -0.2) is 0 Å². The normalized spacial score (nSPS) is 10.5. The van der Waals surface area contributed by atoms with Gasteiger partial charge in [0.05, 0.1) is 0 Å². The number of phenols is 1. The quantitative estimate of drug-likeness (QED) is 0.803. The Morgan fingerprint density at radius 1 is 1.00 bits per heavy atom. The standard InChI is InChI=1S/C15H16OS/c1-3-17-14-8-6-12(7-9-14)13-5-4-11(2)15(16)10-13/h4-10,16H,3H2,1-2H3. The van der Waals surface area contributed by atoms with Crippen molar-refractivity contribution in [2.75, 3.05) is 5.75 Å². The average molecular weight is 244 g/mol. The van der Waals surface area contributed by atoms with Crippen molar-refractivity contribution in [3.05, 3.63) is 48.0 Å². The minimum Gasteiger partial charge on any atom is -0.508 e. The molecule has 2 heteroatoms. The first-order chi connectivity index (χ1) is 8.20. The predicted molar refractivity (Wildman–Crippen MR) is 74.7 cm³/mol. The minimum absolute atomic E-state index is 0.356. The summed E-state index contributed by atoms with van der Waals surface area (Å²) in [6.45, 7) is 4.05. The molecule has 1 N–H and O–H groups in total. The fraction of sp³-hybridized carbons (Fsp3) is 0.200. The van der Waals surface area contributed by atoms with Gasteiger partial charge < -0.3 is 5.11 Å². The van der Waals surface area contributed by atoms with Gasteiger partial charge in [0.1, 0.15) is 5.75 Å². The lowest BCUT2D eigenvalue weighted by molar-refractivity contribution is 0.471. The first kappa shape index (κ1) is 12.1. The summed E-state index contributed by atoms with van der Waals surface area (Å²) in [7, 11) is 0. The van der Waals surface area contributed by atoms with Crippen LogP contribution in [0.1, 0.15) is 12.5 Å². The van der Waals surface area contributed by atoms with Gasteiger partial charge >= 0.3 is 0 Å². The lowest BCUT2D eigenvalue weighted by Gasteiger charge is -2.05. The number of rotatable bonds is 3. The van der Waals surface area contributed by atoms with E-state index in [0.29, 0.717) is 5.75 Å². The molecule has 2 aromatic carbocycles. The van der Waals surface area contributed by atoms with E-state index < -0.39 is 0 Å². The van der Waals surface area contributed by atoms with E-state index in [-0.39, 0.29) is 0 Å². The van der Waals surface area contributed by atoms with Gasteiger partial charge in [-0.15, -0.1) is 11.8 Å². The molecule has 0 heterocycles. The van der Waals surface area contributed by atoms with E-state index in [0.717, 1.165) is 22.4 Å². The fourth-order valence-corrected chi connectivity index (χ4v) is 2.36. The highest BCUT2D eigenvalue weighted by Crippen LogP contribution is 2.27. The summed E-state index contributed by atoms with van der Waals surface area (Å²) >= 11 is 1.84. The summed E-state index contributed by atoms with van der Waals surface area (Å²) in [6.07, 6.45) is 0. The lowest BCUT2D eigenvalue weighted by atomic mass is 10.0. The molecule has 17 heavy (non-hydrogen) atoms. The zero-order valence-corrected chi connectivity index (χ0v) is 10.9. The molecule has 0 unspecified atom stereocenters. The summed E-state index contributed by atoms with van der Waals surface area (Å²) in [5.41, 5.74) is 3.11. The molecule has 0 aromatic heterocycles. The van der Waals surface area contributed by atoms with E-state index in [1.54, 1.807) is 0 Å². The second kappa shape index (κ2) is 5.28. The molecule has 0 aliphatic carbocycles. The minimum atomic E-state index is 0.356. The molecule has 0 fully saturated rings. The zero-order chi connectivity index (χ0) is 12.3. The van der Waals surface area contributed by atoms with Crippen molar-refractivity contribution in [3.63, 3.8) is 0 Å². The Kier molecular flexibility index (Phi) is 3.75. The third-order valence-electron chi connectivity index (χ3n) is 2.71. The molecule has 1 nitrogen and oxygen atoms in total. The molecular weight excluding hydrogens is 228 g/mol. The van der Waals surface area contributed by atoms with Gasteiger partial charge in [0.2, 0.25) is 0 Å². The first-order valence-corrected chi connectivity index (χ1v) is 6.72. The molecule has 0 aliphatic heterocycles. The maximum atomic E-state index is 9.70. The Morgan fingerprint density at radius 3 is 2.24 bits per heavy atom. The largest absolute Gasteiger partial charge is 0.508 e. The van der Waals surface area contributed by atoms with E-state index in [2.05, 4.69) is 31.2 Å². The molecule has 0 bridgehead atoms. The van der Waals surface area contributed by atoms with Crippen LogP contribution in [-0.2, 0) is 0 Å². The second-order valence-electron chi connectivity index (χ2n) is 3.96. The number of thioether (sulfide) groups is 1. The molecule has 2 rings (SSSR count). The molecule has 0 saturated carbocycles. The Bertz CT molecular complexity index is 503. The maximum Gasteiger partial charge on any atom is 0.119 e. The van der Waals surface area contributed by atoms with Gasteiger partial charge in [-0.2, -0.15) is 0 Å². The van der Waals surface area contributed by atoms with Crippen LogP contribution in [0.3, 0.4) is 0 Å². The fourth-order valence-electron chi connectivity index (χ4n) is 1.70. The molecule has 0 atom stereocenters. The van der Waals surface area contributed by atoms with Crippen LogP contribution in [0.15, 0.2) is 47.4 Å². The predicted octanol–water partition coefficient (Wildman–Crippen LogP) is 4.48. The van der Waals surface area contributed by atoms with E-state index in [9.17, 15) is 5.11 Å². The third kappa shape index (κ3) is 2.83. The van der Waals surface area contributed by atoms with Crippen molar-refractivity contribution in [1.82, 2.24) is 0 Å². The van der Waals surface area contributed by atoms with Crippen molar-refractivity contribution in [3.8, 4) is 16.9 Å². The van der Waals surface area contributed by atoms with Crippen LogP contribution in [0.2, 0.25) is 0 Å². The number of aromatic hydroxyl groups is 1. The van der Waals surface area contributed by atoms with E-state index in [1.165, 1.54) is 4.90 Å². The number of phenolic OH excluding ortho intramolecular Hbond substituents is 1. The molecular formula is C15H16OS. The maximum absolute atomic E-state index is 9.70. The topological polar surface area (TPSA) is 20.2 Å². The van der Waals surface area contributed by atoms with Crippen molar-refractivity contribution < 1.29 is 5.11 Å². The summed E-state index contributed by atoms with van der Waals surface area (Å²) in [5.74, 6) is 1.44. The highest BCUT2D eigenvalue weighted by atomic mass is 32.2. The monoisotopic (exact) mass is 244 g/mol. The van der Waals surface area contributed by atoms with Crippen molar-refractivity contribution in [2.45, 2.75) is 18.7 Å². The molecule has 0 radical (unpaired) electrons. The SMILES string of the molecule is CCSc1ccc(-c2ccc(C)c(O)c2)cc1. The Labute approximate surface area is 107 Å². The van der Waals surface area contributed by atoms with Crippen LogP contribution in [0.5, 0.6) is 5.75 Å².